The summed E-state index contributed by atoms with van der Waals surface area (Å²) in [5.74, 6) is 0.121. The number of aliphatic hydroxyl groups is 1. The maximum absolute atomic E-state index is 13.4. The second-order valence-electron chi connectivity index (χ2n) is 9.70. The number of aromatic nitrogens is 2. The number of carbonyl (C=O) groups is 2. The predicted octanol–water partition coefficient (Wildman–Crippen LogP) is 3.71. The number of carbonyl (C=O) groups excluding carboxylic acids is 2. The first-order chi connectivity index (χ1) is 16.5. The third-order valence-electron chi connectivity index (χ3n) is 7.42. The van der Waals surface area contributed by atoms with E-state index >= 15 is 0 Å². The Balaban J connectivity index is 1.28. The third-order valence-corrected chi connectivity index (χ3v) is 7.79. The minimum absolute atomic E-state index is 0.0179. The number of piperazine rings is 1. The lowest BCUT2D eigenvalue weighted by Gasteiger charge is -2.41. The van der Waals surface area contributed by atoms with Crippen LogP contribution in [0.25, 0.3) is 16.8 Å². The summed E-state index contributed by atoms with van der Waals surface area (Å²) in [6.07, 6.45) is 8.34. The lowest BCUT2D eigenvalue weighted by atomic mass is 9.91. The summed E-state index contributed by atoms with van der Waals surface area (Å²) in [7, 11) is 0. The van der Waals surface area contributed by atoms with Gasteiger partial charge < -0.3 is 19.3 Å². The molecule has 0 bridgehead atoms. The van der Waals surface area contributed by atoms with E-state index in [9.17, 15) is 14.7 Å². The van der Waals surface area contributed by atoms with Crippen molar-refractivity contribution in [3.8, 4) is 11.3 Å². The topological polar surface area (TPSA) is 91.3 Å². The van der Waals surface area contributed by atoms with E-state index in [0.717, 1.165) is 49.8 Å². The van der Waals surface area contributed by atoms with Crippen molar-refractivity contribution in [3.63, 3.8) is 0 Å². The predicted molar refractivity (Wildman–Crippen MR) is 126 cm³/mol. The summed E-state index contributed by atoms with van der Waals surface area (Å²) in [4.78, 5) is 29.8. The second-order valence-corrected chi connectivity index (χ2v) is 10.1. The number of fused-ring (bicyclic) bond motifs is 1. The molecule has 8 nitrogen and oxygen atoms in total. The van der Waals surface area contributed by atoms with Gasteiger partial charge in [-0.25, -0.2) is 4.52 Å². The molecule has 0 atom stereocenters. The number of rotatable bonds is 4. The van der Waals surface area contributed by atoms with Gasteiger partial charge in [-0.05, 0) is 68.2 Å². The van der Waals surface area contributed by atoms with Crippen LogP contribution in [0.1, 0.15) is 60.5 Å². The molecule has 3 aromatic rings. The molecule has 2 saturated carbocycles. The van der Waals surface area contributed by atoms with Crippen LogP contribution in [-0.4, -0.2) is 68.1 Å². The molecule has 1 N–H and O–H groups in total. The molecule has 178 valence electrons. The fourth-order valence-corrected chi connectivity index (χ4v) is 5.56. The highest BCUT2D eigenvalue weighted by atomic mass is 35.5. The lowest BCUT2D eigenvalue weighted by molar-refractivity contribution is -0.138. The number of amides is 2. The van der Waals surface area contributed by atoms with Crippen LogP contribution in [0.3, 0.4) is 0 Å². The van der Waals surface area contributed by atoms with Gasteiger partial charge in [-0.15, -0.1) is 0 Å². The van der Waals surface area contributed by atoms with Crippen molar-refractivity contribution in [2.75, 3.05) is 19.6 Å². The molecule has 0 radical (unpaired) electrons. The molecule has 6 rings (SSSR count). The van der Waals surface area contributed by atoms with Crippen LogP contribution in [0.4, 0.5) is 0 Å². The van der Waals surface area contributed by atoms with E-state index in [4.69, 9.17) is 16.0 Å². The third kappa shape index (κ3) is 3.79. The van der Waals surface area contributed by atoms with Gasteiger partial charge in [-0.3, -0.25) is 9.59 Å². The number of furan rings is 1. The monoisotopic (exact) mass is 482 g/mol. The van der Waals surface area contributed by atoms with Crippen molar-refractivity contribution < 1.29 is 19.1 Å². The van der Waals surface area contributed by atoms with Gasteiger partial charge in [0.2, 0.25) is 5.91 Å². The number of aliphatic hydroxyl groups excluding tert-OH is 1. The molecule has 0 spiro atoms. The largest absolute Gasteiger partial charge is 0.472 e. The molecule has 1 saturated heterocycles. The molecule has 2 aliphatic carbocycles. The Hall–Kier alpha value is -2.84. The van der Waals surface area contributed by atoms with Gasteiger partial charge in [-0.1, -0.05) is 11.6 Å². The summed E-state index contributed by atoms with van der Waals surface area (Å²) in [5.41, 5.74) is 3.74. The Kier molecular flexibility index (Phi) is 5.37. The Bertz CT molecular complexity index is 1240. The van der Waals surface area contributed by atoms with Crippen LogP contribution in [0.2, 0.25) is 5.02 Å². The highest BCUT2D eigenvalue weighted by molar-refractivity contribution is 6.37. The molecule has 3 aromatic heterocycles. The zero-order chi connectivity index (χ0) is 23.4. The number of pyridine rings is 1. The van der Waals surface area contributed by atoms with Crippen molar-refractivity contribution in [1.29, 1.82) is 0 Å². The highest BCUT2D eigenvalue weighted by Crippen LogP contribution is 2.43. The molecule has 2 amide bonds. The molecule has 0 unspecified atom stereocenters. The van der Waals surface area contributed by atoms with Crippen LogP contribution >= 0.6 is 11.6 Å². The number of hydrogen-bond donors (Lipinski definition) is 1. The van der Waals surface area contributed by atoms with Crippen LogP contribution < -0.4 is 0 Å². The molecule has 9 heteroatoms. The van der Waals surface area contributed by atoms with Gasteiger partial charge in [-0.2, -0.15) is 5.10 Å². The van der Waals surface area contributed by atoms with Gasteiger partial charge >= 0.3 is 0 Å². The molecule has 3 aliphatic rings. The van der Waals surface area contributed by atoms with E-state index in [1.54, 1.807) is 21.9 Å². The molecule has 34 heavy (non-hydrogen) atoms. The van der Waals surface area contributed by atoms with E-state index in [2.05, 4.69) is 11.2 Å². The zero-order valence-corrected chi connectivity index (χ0v) is 19.6. The van der Waals surface area contributed by atoms with Crippen LogP contribution in [0.15, 0.2) is 35.1 Å². The first kappa shape index (κ1) is 21.7. The summed E-state index contributed by atoms with van der Waals surface area (Å²) in [5, 5.41) is 14.7. The summed E-state index contributed by atoms with van der Waals surface area (Å²) >= 11 is 6.73. The molecule has 1 aliphatic heterocycles. The Morgan fingerprint density at radius 1 is 1.12 bits per heavy atom. The summed E-state index contributed by atoms with van der Waals surface area (Å²) in [6.45, 7) is 0.947. The second kappa shape index (κ2) is 8.43. The van der Waals surface area contributed by atoms with Crippen LogP contribution in [-0.2, 0) is 4.79 Å². The Morgan fingerprint density at radius 3 is 2.59 bits per heavy atom. The quantitative estimate of drug-likeness (QED) is 0.612. The van der Waals surface area contributed by atoms with Gasteiger partial charge in [0.25, 0.3) is 5.91 Å². The molecule has 4 heterocycles. The maximum Gasteiger partial charge on any atom is 0.276 e. The first-order valence-electron chi connectivity index (χ1n) is 12.0. The van der Waals surface area contributed by atoms with Crippen molar-refractivity contribution in [2.45, 2.75) is 56.6 Å². The van der Waals surface area contributed by atoms with E-state index in [-0.39, 0.29) is 36.2 Å². The fourth-order valence-electron chi connectivity index (χ4n) is 5.31. The molecule has 0 aromatic carbocycles. The Labute approximate surface area is 202 Å². The smallest absolute Gasteiger partial charge is 0.276 e. The minimum atomic E-state index is -0.327. The van der Waals surface area contributed by atoms with E-state index in [1.807, 2.05) is 17.0 Å². The van der Waals surface area contributed by atoms with E-state index in [1.165, 1.54) is 5.56 Å². The highest BCUT2D eigenvalue weighted by Gasteiger charge is 2.35. The van der Waals surface area contributed by atoms with Crippen molar-refractivity contribution >= 4 is 28.9 Å². The average Bonchev–Trinajstić information content (AvgIpc) is 3.45. The fraction of sp³-hybridized carbons (Fsp3) is 0.480. The standard InChI is InChI=1S/C25H27ClN4O4/c26-23-21-12-17(15-1-2-15)11-20(16-7-10-34-14-16)30(21)27-24(23)25(33)28-8-9-29(22(32)13-28)18-3-5-19(31)6-4-18/h7,10-12,14-15,18-19,31H,1-6,8-9,13H2. The Morgan fingerprint density at radius 2 is 1.91 bits per heavy atom. The van der Waals surface area contributed by atoms with Gasteiger partial charge in [0, 0.05) is 24.7 Å². The molecule has 3 fully saturated rings. The lowest BCUT2D eigenvalue weighted by Crippen LogP contribution is -2.56. The van der Waals surface area contributed by atoms with Crippen LogP contribution in [0.5, 0.6) is 0 Å². The van der Waals surface area contributed by atoms with Gasteiger partial charge in [0.1, 0.15) is 6.54 Å². The van der Waals surface area contributed by atoms with E-state index in [0.29, 0.717) is 29.5 Å². The summed E-state index contributed by atoms with van der Waals surface area (Å²) < 4.78 is 6.99. The van der Waals surface area contributed by atoms with Crippen molar-refractivity contribution in [3.05, 3.63) is 47.0 Å². The first-order valence-corrected chi connectivity index (χ1v) is 12.4. The SMILES string of the molecule is O=C(c1nn2c(-c3ccoc3)cc(C3CC3)cc2c1Cl)N1CCN(C2CCC(O)CC2)C(=O)C1. The summed E-state index contributed by atoms with van der Waals surface area (Å²) in [6, 6.07) is 6.13. The molecular formula is C25H27ClN4O4. The number of halogens is 1. The van der Waals surface area contributed by atoms with Crippen molar-refractivity contribution in [1.82, 2.24) is 19.4 Å². The van der Waals surface area contributed by atoms with Crippen LogP contribution in [0, 0.1) is 0 Å². The minimum Gasteiger partial charge on any atom is -0.472 e. The van der Waals surface area contributed by atoms with Gasteiger partial charge in [0.15, 0.2) is 5.69 Å². The van der Waals surface area contributed by atoms with Crippen molar-refractivity contribution in [2.24, 2.45) is 0 Å². The van der Waals surface area contributed by atoms with Gasteiger partial charge in [0.05, 0.1) is 34.9 Å². The molecular weight excluding hydrogens is 456 g/mol. The number of nitrogens with zero attached hydrogens (tertiary/aromatic N) is 4. The normalized spacial score (nSPS) is 23.6. The average molecular weight is 483 g/mol. The van der Waals surface area contributed by atoms with E-state index < -0.39 is 0 Å². The number of hydrogen-bond acceptors (Lipinski definition) is 5. The maximum atomic E-state index is 13.4. The zero-order valence-electron chi connectivity index (χ0n) is 18.8.